The maximum Gasteiger partial charge on any atom is 0.352 e. The second-order valence-electron chi connectivity index (χ2n) is 3.95. The molecule has 1 amide bonds. The quantitative estimate of drug-likeness (QED) is 0.760. The minimum absolute atomic E-state index is 0.0438. The predicted molar refractivity (Wildman–Crippen MR) is 60.7 cm³/mol. The Balaban J connectivity index is 2.68. The zero-order valence-corrected chi connectivity index (χ0v) is 9.83. The van der Waals surface area contributed by atoms with Crippen LogP contribution < -0.4 is 0 Å². The highest BCUT2D eigenvalue weighted by Gasteiger charge is 2.15. The Bertz CT molecular complexity index is 411. The number of likely N-dealkylation sites (N-methyl/N-ethyl adjacent to an activating group) is 1. The van der Waals surface area contributed by atoms with Crippen molar-refractivity contribution in [2.75, 3.05) is 13.6 Å². The fourth-order valence-electron chi connectivity index (χ4n) is 1.51. The summed E-state index contributed by atoms with van der Waals surface area (Å²) in [6, 6.07) is 3.01. The van der Waals surface area contributed by atoms with Crippen LogP contribution in [0.1, 0.15) is 17.4 Å². The molecule has 1 aromatic rings. The molecule has 0 saturated carbocycles. The number of hydrogen-bond acceptors (Lipinski definition) is 3. The summed E-state index contributed by atoms with van der Waals surface area (Å²) in [6.07, 6.45) is 0.935. The van der Waals surface area contributed by atoms with E-state index in [-0.39, 0.29) is 24.7 Å². The highest BCUT2D eigenvalue weighted by atomic mass is 16.4. The third-order valence-corrected chi connectivity index (χ3v) is 2.32. The van der Waals surface area contributed by atoms with Crippen molar-refractivity contribution >= 4 is 11.9 Å². The summed E-state index contributed by atoms with van der Waals surface area (Å²) in [5, 5.41) is 18.0. The normalized spacial score (nSPS) is 12.2. The first-order chi connectivity index (χ1) is 7.91. The van der Waals surface area contributed by atoms with Gasteiger partial charge in [0.05, 0.1) is 6.10 Å². The number of aliphatic hydroxyl groups excluding tert-OH is 1. The van der Waals surface area contributed by atoms with Gasteiger partial charge in [-0.3, -0.25) is 4.79 Å². The molecule has 1 rings (SSSR count). The van der Waals surface area contributed by atoms with Gasteiger partial charge in [0, 0.05) is 19.8 Å². The second kappa shape index (κ2) is 5.49. The molecule has 0 saturated heterocycles. The van der Waals surface area contributed by atoms with Gasteiger partial charge < -0.3 is 19.7 Å². The first-order valence-corrected chi connectivity index (χ1v) is 5.22. The average molecular weight is 240 g/mol. The lowest BCUT2D eigenvalue weighted by Gasteiger charge is -2.19. The van der Waals surface area contributed by atoms with Crippen LogP contribution in [0.5, 0.6) is 0 Å². The molecule has 0 fully saturated rings. The number of carboxylic acids is 1. The van der Waals surface area contributed by atoms with Crippen LogP contribution in [0.15, 0.2) is 18.3 Å². The van der Waals surface area contributed by atoms with Crippen molar-refractivity contribution in [2.45, 2.75) is 19.6 Å². The van der Waals surface area contributed by atoms with E-state index in [1.165, 1.54) is 21.7 Å². The summed E-state index contributed by atoms with van der Waals surface area (Å²) >= 11 is 0. The zero-order valence-electron chi connectivity index (χ0n) is 9.83. The molecule has 6 nitrogen and oxygen atoms in total. The van der Waals surface area contributed by atoms with Crippen molar-refractivity contribution < 1.29 is 19.8 Å². The third kappa shape index (κ3) is 3.60. The molecule has 1 heterocycles. The topological polar surface area (TPSA) is 82.8 Å². The number of carbonyl (C=O) groups is 2. The van der Waals surface area contributed by atoms with E-state index in [1.807, 2.05) is 0 Å². The van der Waals surface area contributed by atoms with Gasteiger partial charge in [-0.05, 0) is 19.1 Å². The molecule has 1 atom stereocenters. The molecule has 0 spiro atoms. The Morgan fingerprint density at radius 3 is 2.71 bits per heavy atom. The van der Waals surface area contributed by atoms with Crippen LogP contribution in [0.4, 0.5) is 0 Å². The fraction of sp³-hybridized carbons (Fsp3) is 0.455. The van der Waals surface area contributed by atoms with Gasteiger partial charge in [-0.15, -0.1) is 0 Å². The van der Waals surface area contributed by atoms with E-state index < -0.39 is 12.1 Å². The van der Waals surface area contributed by atoms with Crippen molar-refractivity contribution in [2.24, 2.45) is 0 Å². The molecule has 0 aliphatic heterocycles. The van der Waals surface area contributed by atoms with Crippen molar-refractivity contribution in [1.29, 1.82) is 0 Å². The summed E-state index contributed by atoms with van der Waals surface area (Å²) in [7, 11) is 1.57. The summed E-state index contributed by atoms with van der Waals surface area (Å²) in [5.74, 6) is -1.31. The SMILES string of the molecule is CC(O)CN(C)C(=O)Cn1cccc1C(=O)O. The van der Waals surface area contributed by atoms with E-state index in [1.54, 1.807) is 20.0 Å². The lowest BCUT2D eigenvalue weighted by Crippen LogP contribution is -2.35. The van der Waals surface area contributed by atoms with Crippen molar-refractivity contribution in [3.63, 3.8) is 0 Å². The van der Waals surface area contributed by atoms with E-state index in [0.717, 1.165) is 0 Å². The number of aromatic carboxylic acids is 1. The van der Waals surface area contributed by atoms with Gasteiger partial charge in [-0.1, -0.05) is 0 Å². The number of rotatable bonds is 5. The Morgan fingerprint density at radius 1 is 1.53 bits per heavy atom. The maximum absolute atomic E-state index is 11.7. The Kier molecular flexibility index (Phi) is 4.28. The Labute approximate surface area is 99.1 Å². The molecule has 0 aromatic carbocycles. The van der Waals surface area contributed by atoms with Crippen molar-refractivity contribution in [3.05, 3.63) is 24.0 Å². The summed E-state index contributed by atoms with van der Waals surface area (Å²) in [6.45, 7) is 1.77. The van der Waals surface area contributed by atoms with Crippen molar-refractivity contribution in [3.8, 4) is 0 Å². The second-order valence-corrected chi connectivity index (χ2v) is 3.95. The molecule has 1 aromatic heterocycles. The van der Waals surface area contributed by atoms with E-state index in [0.29, 0.717) is 0 Å². The number of aliphatic hydroxyl groups is 1. The van der Waals surface area contributed by atoms with Gasteiger partial charge in [0.2, 0.25) is 5.91 Å². The first-order valence-electron chi connectivity index (χ1n) is 5.22. The minimum Gasteiger partial charge on any atom is -0.477 e. The fourth-order valence-corrected chi connectivity index (χ4v) is 1.51. The zero-order chi connectivity index (χ0) is 13.0. The number of carbonyl (C=O) groups excluding carboxylic acids is 1. The van der Waals surface area contributed by atoms with Gasteiger partial charge in [0.15, 0.2) is 0 Å². The number of aromatic nitrogens is 1. The largest absolute Gasteiger partial charge is 0.477 e. The molecule has 6 heteroatoms. The number of carboxylic acid groups (broad SMARTS) is 1. The van der Waals surface area contributed by atoms with E-state index in [4.69, 9.17) is 10.2 Å². The number of hydrogen-bond donors (Lipinski definition) is 2. The molecule has 0 radical (unpaired) electrons. The van der Waals surface area contributed by atoms with Crippen LogP contribution in [-0.2, 0) is 11.3 Å². The molecule has 94 valence electrons. The first kappa shape index (κ1) is 13.2. The highest BCUT2D eigenvalue weighted by molar-refractivity contribution is 5.86. The van der Waals surface area contributed by atoms with Crippen LogP contribution in [0.2, 0.25) is 0 Å². The molecule has 17 heavy (non-hydrogen) atoms. The number of amides is 1. The molecule has 0 aliphatic carbocycles. The van der Waals surface area contributed by atoms with Crippen LogP contribution in [0, 0.1) is 0 Å². The Morgan fingerprint density at radius 2 is 2.18 bits per heavy atom. The van der Waals surface area contributed by atoms with E-state index in [2.05, 4.69) is 0 Å². The molecule has 1 unspecified atom stereocenters. The molecule has 0 bridgehead atoms. The molecule has 2 N–H and O–H groups in total. The van der Waals surface area contributed by atoms with Gasteiger partial charge >= 0.3 is 5.97 Å². The number of nitrogens with zero attached hydrogens (tertiary/aromatic N) is 2. The van der Waals surface area contributed by atoms with Crippen LogP contribution in [0.3, 0.4) is 0 Å². The third-order valence-electron chi connectivity index (χ3n) is 2.32. The monoisotopic (exact) mass is 240 g/mol. The van der Waals surface area contributed by atoms with Crippen LogP contribution in [0.25, 0.3) is 0 Å². The van der Waals surface area contributed by atoms with Crippen LogP contribution >= 0.6 is 0 Å². The summed E-state index contributed by atoms with van der Waals surface area (Å²) in [4.78, 5) is 23.9. The maximum atomic E-state index is 11.7. The molecule has 0 aliphatic rings. The van der Waals surface area contributed by atoms with Crippen molar-refractivity contribution in [1.82, 2.24) is 9.47 Å². The standard InChI is InChI=1S/C11H16N2O4/c1-8(14)6-12(2)10(15)7-13-5-3-4-9(13)11(16)17/h3-5,8,14H,6-7H2,1-2H3,(H,16,17). The summed E-state index contributed by atoms with van der Waals surface area (Å²) in [5.41, 5.74) is 0.0730. The lowest BCUT2D eigenvalue weighted by molar-refractivity contribution is -0.131. The van der Waals surface area contributed by atoms with Gasteiger partial charge in [-0.2, -0.15) is 0 Å². The molecular formula is C11H16N2O4. The van der Waals surface area contributed by atoms with Gasteiger partial charge in [0.25, 0.3) is 0 Å². The van der Waals surface area contributed by atoms with E-state index >= 15 is 0 Å². The smallest absolute Gasteiger partial charge is 0.352 e. The average Bonchev–Trinajstić information content (AvgIpc) is 2.64. The molecular weight excluding hydrogens is 224 g/mol. The predicted octanol–water partition coefficient (Wildman–Crippen LogP) is 0.0255. The van der Waals surface area contributed by atoms with Gasteiger partial charge in [0.1, 0.15) is 12.2 Å². The Hall–Kier alpha value is -1.82. The highest BCUT2D eigenvalue weighted by Crippen LogP contribution is 2.03. The minimum atomic E-state index is -1.07. The lowest BCUT2D eigenvalue weighted by atomic mass is 10.3. The summed E-state index contributed by atoms with van der Waals surface area (Å²) < 4.78 is 1.36. The van der Waals surface area contributed by atoms with Crippen LogP contribution in [-0.4, -0.2) is 51.3 Å². The van der Waals surface area contributed by atoms with Gasteiger partial charge in [-0.25, -0.2) is 4.79 Å². The van der Waals surface area contributed by atoms with E-state index in [9.17, 15) is 9.59 Å².